The molecule has 1 rings (SSSR count). The predicted molar refractivity (Wildman–Crippen MR) is 72.4 cm³/mol. The second kappa shape index (κ2) is 7.52. The lowest BCUT2D eigenvalue weighted by atomic mass is 9.86. The third kappa shape index (κ3) is 5.63. The van der Waals surface area contributed by atoms with Crippen LogP contribution in [-0.2, 0) is 9.59 Å². The van der Waals surface area contributed by atoms with E-state index in [-0.39, 0.29) is 17.9 Å². The normalized spacial score (nSPS) is 17.2. The maximum atomic E-state index is 12.0. The first-order valence-electron chi connectivity index (χ1n) is 6.99. The maximum absolute atomic E-state index is 12.0. The number of carbonyl (C=O) groups is 2. The molecule has 1 saturated carbocycles. The highest BCUT2D eigenvalue weighted by molar-refractivity contribution is 5.84. The highest BCUT2D eigenvalue weighted by atomic mass is 16.2. The number of ketones is 1. The van der Waals surface area contributed by atoms with Crippen LogP contribution in [0.25, 0.3) is 0 Å². The first kappa shape index (κ1) is 15.2. The Morgan fingerprint density at radius 1 is 1.17 bits per heavy atom. The quantitative estimate of drug-likeness (QED) is 0.783. The summed E-state index contributed by atoms with van der Waals surface area (Å²) < 4.78 is 0. The molecule has 1 aliphatic carbocycles. The van der Waals surface area contributed by atoms with Gasteiger partial charge in [0.1, 0.15) is 5.78 Å². The average Bonchev–Trinajstić information content (AvgIpc) is 2.28. The zero-order valence-corrected chi connectivity index (χ0v) is 11.9. The Labute approximate surface area is 110 Å². The topological polar surface area (TPSA) is 49.4 Å². The van der Waals surface area contributed by atoms with Crippen LogP contribution in [0.2, 0.25) is 0 Å². The van der Waals surface area contributed by atoms with Gasteiger partial charge in [0, 0.05) is 12.0 Å². The third-order valence-corrected chi connectivity index (χ3v) is 3.35. The monoisotopic (exact) mass is 254 g/mol. The van der Waals surface area contributed by atoms with E-state index in [4.69, 9.17) is 0 Å². The summed E-state index contributed by atoms with van der Waals surface area (Å²) in [7, 11) is 1.83. The highest BCUT2D eigenvalue weighted by Gasteiger charge is 2.22. The van der Waals surface area contributed by atoms with Crippen LogP contribution in [-0.4, -0.2) is 42.8 Å². The van der Waals surface area contributed by atoms with Crippen LogP contribution in [0.5, 0.6) is 0 Å². The SMILES string of the molecule is CC(C)NC(=O)CN(C)CC(=O)C1CCCCC1. The van der Waals surface area contributed by atoms with Crippen LogP contribution in [0.1, 0.15) is 46.0 Å². The Morgan fingerprint density at radius 2 is 1.78 bits per heavy atom. The number of hydrogen-bond acceptors (Lipinski definition) is 3. The van der Waals surface area contributed by atoms with Gasteiger partial charge >= 0.3 is 0 Å². The van der Waals surface area contributed by atoms with Crippen LogP contribution in [0.15, 0.2) is 0 Å². The van der Waals surface area contributed by atoms with Gasteiger partial charge in [0.15, 0.2) is 0 Å². The van der Waals surface area contributed by atoms with Gasteiger partial charge < -0.3 is 5.32 Å². The van der Waals surface area contributed by atoms with Crippen LogP contribution < -0.4 is 5.32 Å². The lowest BCUT2D eigenvalue weighted by molar-refractivity contribution is -0.126. The number of rotatable bonds is 6. The van der Waals surface area contributed by atoms with E-state index >= 15 is 0 Å². The van der Waals surface area contributed by atoms with E-state index in [0.29, 0.717) is 18.9 Å². The zero-order chi connectivity index (χ0) is 13.5. The molecule has 0 aromatic rings. The van der Waals surface area contributed by atoms with Gasteiger partial charge in [-0.2, -0.15) is 0 Å². The van der Waals surface area contributed by atoms with Crippen LogP contribution >= 0.6 is 0 Å². The number of hydrogen-bond donors (Lipinski definition) is 1. The molecule has 0 aromatic heterocycles. The highest BCUT2D eigenvalue weighted by Crippen LogP contribution is 2.24. The molecule has 0 bridgehead atoms. The molecule has 4 heteroatoms. The number of nitrogens with zero attached hydrogens (tertiary/aromatic N) is 1. The summed E-state index contributed by atoms with van der Waals surface area (Å²) in [5.41, 5.74) is 0. The van der Waals surface area contributed by atoms with Crippen molar-refractivity contribution in [3.63, 3.8) is 0 Å². The van der Waals surface area contributed by atoms with Crippen molar-refractivity contribution in [2.45, 2.75) is 52.0 Å². The molecule has 4 nitrogen and oxygen atoms in total. The molecular weight excluding hydrogens is 228 g/mol. The number of amides is 1. The maximum Gasteiger partial charge on any atom is 0.234 e. The average molecular weight is 254 g/mol. The molecule has 1 N–H and O–H groups in total. The minimum atomic E-state index is -0.0102. The van der Waals surface area contributed by atoms with Gasteiger partial charge in [-0.3, -0.25) is 14.5 Å². The molecule has 0 spiro atoms. The molecule has 0 saturated heterocycles. The van der Waals surface area contributed by atoms with Crippen molar-refractivity contribution < 1.29 is 9.59 Å². The van der Waals surface area contributed by atoms with Crippen molar-refractivity contribution >= 4 is 11.7 Å². The van der Waals surface area contributed by atoms with E-state index in [9.17, 15) is 9.59 Å². The van der Waals surface area contributed by atoms with Crippen LogP contribution in [0.4, 0.5) is 0 Å². The van der Waals surface area contributed by atoms with E-state index in [0.717, 1.165) is 12.8 Å². The van der Waals surface area contributed by atoms with Crippen molar-refractivity contribution in [2.75, 3.05) is 20.1 Å². The summed E-state index contributed by atoms with van der Waals surface area (Å²) in [6.45, 7) is 4.57. The summed E-state index contributed by atoms with van der Waals surface area (Å²) in [5, 5.41) is 2.83. The molecule has 0 aliphatic heterocycles. The summed E-state index contributed by atoms with van der Waals surface area (Å²) in [6, 6.07) is 0.153. The van der Waals surface area contributed by atoms with Crippen LogP contribution in [0.3, 0.4) is 0 Å². The molecule has 0 unspecified atom stereocenters. The van der Waals surface area contributed by atoms with Gasteiger partial charge in [0.05, 0.1) is 13.1 Å². The molecule has 18 heavy (non-hydrogen) atoms. The smallest absolute Gasteiger partial charge is 0.234 e. The molecular formula is C14H26N2O2. The second-order valence-electron chi connectivity index (χ2n) is 5.70. The number of nitrogens with one attached hydrogen (secondary N) is 1. The van der Waals surface area contributed by atoms with E-state index in [1.165, 1.54) is 19.3 Å². The van der Waals surface area contributed by atoms with Gasteiger partial charge in [-0.25, -0.2) is 0 Å². The summed E-state index contributed by atoms with van der Waals surface area (Å²) in [5.74, 6) is 0.521. The lowest BCUT2D eigenvalue weighted by Crippen LogP contribution is -2.41. The Morgan fingerprint density at radius 3 is 2.33 bits per heavy atom. The van der Waals surface area contributed by atoms with Crippen molar-refractivity contribution in [1.29, 1.82) is 0 Å². The fourth-order valence-electron chi connectivity index (χ4n) is 2.49. The van der Waals surface area contributed by atoms with E-state index in [1.54, 1.807) is 0 Å². The summed E-state index contributed by atoms with van der Waals surface area (Å²) in [6.07, 6.45) is 5.67. The molecule has 1 amide bonds. The molecule has 0 aromatic carbocycles. The van der Waals surface area contributed by atoms with Crippen molar-refractivity contribution in [1.82, 2.24) is 10.2 Å². The lowest BCUT2D eigenvalue weighted by Gasteiger charge is -2.23. The Bertz CT molecular complexity index is 284. The summed E-state index contributed by atoms with van der Waals surface area (Å²) >= 11 is 0. The largest absolute Gasteiger partial charge is 0.353 e. The Hall–Kier alpha value is -0.900. The van der Waals surface area contributed by atoms with Gasteiger partial charge in [-0.1, -0.05) is 19.3 Å². The zero-order valence-electron chi connectivity index (χ0n) is 11.9. The van der Waals surface area contributed by atoms with Gasteiger partial charge in [0.2, 0.25) is 5.91 Å². The standard InChI is InChI=1S/C14H26N2O2/c1-11(2)15-14(18)10-16(3)9-13(17)12-7-5-4-6-8-12/h11-12H,4-10H2,1-3H3,(H,15,18). The van der Waals surface area contributed by atoms with Gasteiger partial charge in [-0.05, 0) is 33.7 Å². The van der Waals surface area contributed by atoms with E-state index < -0.39 is 0 Å². The molecule has 104 valence electrons. The van der Waals surface area contributed by atoms with Crippen molar-refractivity contribution in [2.24, 2.45) is 5.92 Å². The fraction of sp³-hybridized carbons (Fsp3) is 0.857. The van der Waals surface area contributed by atoms with Crippen molar-refractivity contribution in [3.05, 3.63) is 0 Å². The predicted octanol–water partition coefficient (Wildman–Crippen LogP) is 1.59. The minimum absolute atomic E-state index is 0.0102. The molecule has 0 atom stereocenters. The molecule has 1 fully saturated rings. The van der Waals surface area contributed by atoms with E-state index in [2.05, 4.69) is 5.32 Å². The minimum Gasteiger partial charge on any atom is -0.353 e. The van der Waals surface area contributed by atoms with E-state index in [1.807, 2.05) is 25.8 Å². The molecule has 1 aliphatic rings. The van der Waals surface area contributed by atoms with Gasteiger partial charge in [0.25, 0.3) is 0 Å². The van der Waals surface area contributed by atoms with Crippen molar-refractivity contribution in [3.8, 4) is 0 Å². The third-order valence-electron chi connectivity index (χ3n) is 3.35. The number of likely N-dealkylation sites (N-methyl/N-ethyl adjacent to an activating group) is 1. The first-order chi connectivity index (χ1) is 8.49. The second-order valence-corrected chi connectivity index (χ2v) is 5.70. The Kier molecular flexibility index (Phi) is 6.33. The van der Waals surface area contributed by atoms with Gasteiger partial charge in [-0.15, -0.1) is 0 Å². The first-order valence-corrected chi connectivity index (χ1v) is 6.99. The number of carbonyl (C=O) groups excluding carboxylic acids is 2. The van der Waals surface area contributed by atoms with Crippen LogP contribution in [0, 0.1) is 5.92 Å². The Balaban J connectivity index is 2.28. The molecule has 0 heterocycles. The summed E-state index contributed by atoms with van der Waals surface area (Å²) in [4.78, 5) is 25.4. The molecule has 0 radical (unpaired) electrons. The number of Topliss-reactive ketones (excluding diaryl/α,β-unsaturated/α-hetero) is 1. The fourth-order valence-corrected chi connectivity index (χ4v) is 2.49.